The third-order valence-corrected chi connectivity index (χ3v) is 6.88. The molecule has 10 nitrogen and oxygen atoms in total. The van der Waals surface area contributed by atoms with Crippen molar-refractivity contribution in [3.63, 3.8) is 0 Å². The van der Waals surface area contributed by atoms with Crippen LogP contribution < -0.4 is 4.90 Å². The van der Waals surface area contributed by atoms with E-state index in [1.807, 2.05) is 13.0 Å². The van der Waals surface area contributed by atoms with Gasteiger partial charge in [-0.1, -0.05) is 0 Å². The fraction of sp³-hybridized carbons (Fsp3) is 0.318. The van der Waals surface area contributed by atoms with Gasteiger partial charge in [-0.25, -0.2) is 22.7 Å². The number of hydrogen-bond donors (Lipinski definition) is 1. The predicted molar refractivity (Wildman–Crippen MR) is 122 cm³/mol. The van der Waals surface area contributed by atoms with Crippen LogP contribution in [0.3, 0.4) is 0 Å². The van der Waals surface area contributed by atoms with Crippen molar-refractivity contribution in [3.8, 4) is 11.4 Å². The van der Waals surface area contributed by atoms with Crippen molar-refractivity contribution in [1.29, 1.82) is 0 Å². The number of sulfone groups is 1. The molecule has 1 fully saturated rings. The molecule has 0 spiro atoms. The zero-order valence-corrected chi connectivity index (χ0v) is 19.2. The van der Waals surface area contributed by atoms with E-state index in [0.717, 1.165) is 11.6 Å². The van der Waals surface area contributed by atoms with Crippen molar-refractivity contribution in [2.75, 3.05) is 38.0 Å². The Balaban J connectivity index is 1.82. The lowest BCUT2D eigenvalue weighted by atomic mass is 10.1. The van der Waals surface area contributed by atoms with Gasteiger partial charge in [0, 0.05) is 35.5 Å². The van der Waals surface area contributed by atoms with Crippen LogP contribution >= 0.6 is 0 Å². The third kappa shape index (κ3) is 3.62. The van der Waals surface area contributed by atoms with Gasteiger partial charge in [0.15, 0.2) is 26.5 Å². The molecule has 1 N–H and O–H groups in total. The Morgan fingerprint density at radius 3 is 2.82 bits per heavy atom. The first kappa shape index (κ1) is 21.4. The van der Waals surface area contributed by atoms with Crippen molar-refractivity contribution in [2.24, 2.45) is 0 Å². The second kappa shape index (κ2) is 7.85. The first-order valence-electron chi connectivity index (χ1n) is 10.4. The largest absolute Gasteiger partial charge is 0.465 e. The normalized spacial score (nSPS) is 17.1. The van der Waals surface area contributed by atoms with Crippen LogP contribution in [0.1, 0.15) is 17.3 Å². The number of fused-ring (bicyclic) bond motifs is 2. The molecule has 11 heteroatoms. The maximum absolute atomic E-state index is 12.5. The minimum absolute atomic E-state index is 0.0376. The summed E-state index contributed by atoms with van der Waals surface area (Å²) in [5.41, 5.74) is 2.23. The number of ether oxygens (including phenoxy) is 2. The summed E-state index contributed by atoms with van der Waals surface area (Å²) in [4.78, 5) is 22.4. The number of benzene rings is 1. The highest BCUT2D eigenvalue weighted by atomic mass is 32.2. The molecule has 1 atom stereocenters. The number of H-pyrrole nitrogens is 1. The van der Waals surface area contributed by atoms with E-state index in [0.29, 0.717) is 53.6 Å². The van der Waals surface area contributed by atoms with Crippen LogP contribution in [0.25, 0.3) is 27.8 Å². The van der Waals surface area contributed by atoms with Gasteiger partial charge in [-0.05, 0) is 37.3 Å². The number of morpholine rings is 1. The van der Waals surface area contributed by atoms with Crippen molar-refractivity contribution < 1.29 is 22.7 Å². The van der Waals surface area contributed by atoms with Crippen LogP contribution in [0.2, 0.25) is 0 Å². The summed E-state index contributed by atoms with van der Waals surface area (Å²) in [6, 6.07) is 8.52. The molecule has 1 aromatic carbocycles. The first-order chi connectivity index (χ1) is 15.8. The summed E-state index contributed by atoms with van der Waals surface area (Å²) in [6.45, 7) is 3.70. The third-order valence-electron chi connectivity index (χ3n) is 5.81. The highest BCUT2D eigenvalue weighted by molar-refractivity contribution is 7.90. The molecule has 3 aromatic heterocycles. The molecule has 4 heterocycles. The van der Waals surface area contributed by atoms with Gasteiger partial charge in [0.1, 0.15) is 5.52 Å². The molecule has 0 amide bonds. The van der Waals surface area contributed by atoms with E-state index in [1.165, 1.54) is 17.7 Å². The fourth-order valence-electron chi connectivity index (χ4n) is 4.19. The molecule has 1 saturated heterocycles. The average molecular weight is 470 g/mol. The van der Waals surface area contributed by atoms with Gasteiger partial charge < -0.3 is 19.4 Å². The smallest absolute Gasteiger partial charge is 0.337 e. The fourth-order valence-corrected chi connectivity index (χ4v) is 4.96. The molecule has 5 rings (SSSR count). The Bertz CT molecular complexity index is 1490. The monoisotopic (exact) mass is 469 g/mol. The SMILES string of the molecule is COC(=O)c1cc(-c2nc(N3CCOC[C@H]3C)c3ccc(S(C)(=O)=O)n3n2)c2cc[nH]c2c1. The lowest BCUT2D eigenvalue weighted by Crippen LogP contribution is -2.44. The molecule has 0 saturated carbocycles. The minimum atomic E-state index is -3.55. The Kier molecular flexibility index (Phi) is 5.09. The maximum Gasteiger partial charge on any atom is 0.337 e. The van der Waals surface area contributed by atoms with Gasteiger partial charge in [-0.15, -0.1) is 5.10 Å². The number of aromatic nitrogens is 4. The topological polar surface area (TPSA) is 119 Å². The highest BCUT2D eigenvalue weighted by Gasteiger charge is 2.27. The number of nitrogens with one attached hydrogen (secondary N) is 1. The van der Waals surface area contributed by atoms with Gasteiger partial charge in [0.25, 0.3) is 0 Å². The van der Waals surface area contributed by atoms with E-state index < -0.39 is 15.8 Å². The standard InChI is InChI=1S/C22H23N5O5S/c1-13-12-32-9-8-26(13)21-18-4-5-19(33(3,29)30)27(18)25-20(24-21)16-10-14(22(28)31-2)11-17-15(16)6-7-23-17/h4-7,10-11,13,23H,8-9,12H2,1-3H3/t13-/m1/s1. The summed E-state index contributed by atoms with van der Waals surface area (Å²) in [6.07, 6.45) is 2.91. The van der Waals surface area contributed by atoms with Crippen molar-refractivity contribution in [1.82, 2.24) is 19.6 Å². The van der Waals surface area contributed by atoms with Crippen molar-refractivity contribution >= 4 is 38.0 Å². The molecule has 0 aliphatic carbocycles. The zero-order chi connectivity index (χ0) is 23.3. The summed E-state index contributed by atoms with van der Waals surface area (Å²) in [5, 5.41) is 5.48. The van der Waals surface area contributed by atoms with E-state index in [1.54, 1.807) is 24.4 Å². The number of nitrogens with zero attached hydrogens (tertiary/aromatic N) is 4. The van der Waals surface area contributed by atoms with E-state index in [2.05, 4.69) is 15.0 Å². The Labute approximate surface area is 190 Å². The quantitative estimate of drug-likeness (QED) is 0.452. The van der Waals surface area contributed by atoms with E-state index >= 15 is 0 Å². The van der Waals surface area contributed by atoms with Gasteiger partial charge in [-0.2, -0.15) is 0 Å². The lowest BCUT2D eigenvalue weighted by molar-refractivity contribution is 0.0601. The van der Waals surface area contributed by atoms with Crippen LogP contribution in [0.15, 0.2) is 41.6 Å². The number of hydrogen-bond acceptors (Lipinski definition) is 8. The minimum Gasteiger partial charge on any atom is -0.465 e. The molecule has 4 aromatic rings. The van der Waals surface area contributed by atoms with Gasteiger partial charge in [-0.3, -0.25) is 0 Å². The molecule has 0 radical (unpaired) electrons. The molecule has 1 aliphatic rings. The predicted octanol–water partition coefficient (Wildman–Crippen LogP) is 2.29. The summed E-state index contributed by atoms with van der Waals surface area (Å²) in [5.74, 6) is 0.416. The number of esters is 1. The van der Waals surface area contributed by atoms with Crippen molar-refractivity contribution in [3.05, 3.63) is 42.1 Å². The zero-order valence-electron chi connectivity index (χ0n) is 18.4. The summed E-state index contributed by atoms with van der Waals surface area (Å²) < 4.78 is 36.9. The van der Waals surface area contributed by atoms with Crippen LogP contribution in [-0.4, -0.2) is 73.1 Å². The van der Waals surface area contributed by atoms with E-state index in [9.17, 15) is 13.2 Å². The molecule has 33 heavy (non-hydrogen) atoms. The average Bonchev–Trinajstić information content (AvgIpc) is 3.44. The Morgan fingerprint density at radius 2 is 2.09 bits per heavy atom. The second-order valence-electron chi connectivity index (χ2n) is 8.07. The van der Waals surface area contributed by atoms with Gasteiger partial charge >= 0.3 is 5.97 Å². The highest BCUT2D eigenvalue weighted by Crippen LogP contribution is 2.32. The number of methoxy groups -OCH3 is 1. The van der Waals surface area contributed by atoms with E-state index in [4.69, 9.17) is 14.5 Å². The summed E-state index contributed by atoms with van der Waals surface area (Å²) >= 11 is 0. The second-order valence-corrected chi connectivity index (χ2v) is 10.0. The van der Waals surface area contributed by atoms with Crippen LogP contribution in [0, 0.1) is 0 Å². The number of carbonyl (C=O) groups excluding carboxylic acids is 1. The van der Waals surface area contributed by atoms with E-state index in [-0.39, 0.29) is 11.1 Å². The number of anilines is 1. The molecule has 172 valence electrons. The number of rotatable bonds is 4. The first-order valence-corrected chi connectivity index (χ1v) is 12.3. The van der Waals surface area contributed by atoms with Gasteiger partial charge in [0.2, 0.25) is 0 Å². The molecule has 1 aliphatic heterocycles. The number of carbonyl (C=O) groups is 1. The lowest BCUT2D eigenvalue weighted by Gasteiger charge is -2.34. The molecular formula is C22H23N5O5S. The van der Waals surface area contributed by atoms with Crippen LogP contribution in [-0.2, 0) is 19.3 Å². The molecule has 0 bridgehead atoms. The van der Waals surface area contributed by atoms with Gasteiger partial charge in [0.05, 0.1) is 31.9 Å². The number of aromatic amines is 1. The molecule has 0 unspecified atom stereocenters. The maximum atomic E-state index is 12.5. The van der Waals surface area contributed by atoms with Crippen LogP contribution in [0.5, 0.6) is 0 Å². The Morgan fingerprint density at radius 1 is 1.27 bits per heavy atom. The van der Waals surface area contributed by atoms with Crippen LogP contribution in [0.4, 0.5) is 5.82 Å². The Hall–Kier alpha value is -3.44. The molecular weight excluding hydrogens is 446 g/mol. The summed E-state index contributed by atoms with van der Waals surface area (Å²) in [7, 11) is -2.24. The van der Waals surface area contributed by atoms with Crippen molar-refractivity contribution in [2.45, 2.75) is 18.0 Å².